The molecule has 1 aromatic carbocycles. The van der Waals surface area contributed by atoms with E-state index in [1.807, 2.05) is 0 Å². The molecule has 5 heteroatoms. The number of anilines is 1. The molecule has 0 aliphatic heterocycles. The molecule has 5 nitrogen and oxygen atoms in total. The minimum atomic E-state index is -0.189. The van der Waals surface area contributed by atoms with E-state index in [4.69, 9.17) is 10.5 Å². The summed E-state index contributed by atoms with van der Waals surface area (Å²) < 4.78 is 5.41. The van der Waals surface area contributed by atoms with E-state index in [1.165, 1.54) is 12.3 Å². The van der Waals surface area contributed by atoms with E-state index >= 15 is 0 Å². The van der Waals surface area contributed by atoms with Crippen LogP contribution in [0.1, 0.15) is 5.82 Å². The second-order valence-corrected chi connectivity index (χ2v) is 3.24. The zero-order valence-corrected chi connectivity index (χ0v) is 8.51. The quantitative estimate of drug-likeness (QED) is 0.749. The van der Waals surface area contributed by atoms with Gasteiger partial charge in [-0.1, -0.05) is 0 Å². The first-order valence-electron chi connectivity index (χ1n) is 4.76. The summed E-state index contributed by atoms with van der Waals surface area (Å²) in [6.07, 6.45) is 1.44. The van der Waals surface area contributed by atoms with E-state index in [0.717, 1.165) is 0 Å². The van der Waals surface area contributed by atoms with Gasteiger partial charge >= 0.3 is 0 Å². The summed E-state index contributed by atoms with van der Waals surface area (Å²) >= 11 is 0. The molecule has 0 unspecified atom stereocenters. The van der Waals surface area contributed by atoms with Crippen LogP contribution in [0.4, 0.5) is 5.69 Å². The molecule has 0 saturated heterocycles. The summed E-state index contributed by atoms with van der Waals surface area (Å²) in [6, 6.07) is 8.37. The Labute approximate surface area is 91.9 Å². The van der Waals surface area contributed by atoms with Gasteiger partial charge in [0.1, 0.15) is 18.2 Å². The van der Waals surface area contributed by atoms with Gasteiger partial charge in [-0.3, -0.25) is 4.79 Å². The van der Waals surface area contributed by atoms with Crippen LogP contribution < -0.4 is 16.0 Å². The van der Waals surface area contributed by atoms with Gasteiger partial charge in [0.25, 0.3) is 5.56 Å². The minimum Gasteiger partial charge on any atom is -0.486 e. The predicted octanol–water partition coefficient (Wildman–Crippen LogP) is 0.931. The molecule has 0 atom stereocenters. The Morgan fingerprint density at radius 2 is 2.00 bits per heavy atom. The first-order valence-corrected chi connectivity index (χ1v) is 4.76. The number of H-pyrrole nitrogens is 1. The van der Waals surface area contributed by atoms with Crippen LogP contribution in [-0.2, 0) is 6.61 Å². The molecule has 0 radical (unpaired) electrons. The zero-order valence-electron chi connectivity index (χ0n) is 8.51. The van der Waals surface area contributed by atoms with Crippen molar-refractivity contribution in [3.63, 3.8) is 0 Å². The van der Waals surface area contributed by atoms with Crippen LogP contribution in [-0.4, -0.2) is 9.97 Å². The van der Waals surface area contributed by atoms with Gasteiger partial charge in [0.05, 0.1) is 0 Å². The van der Waals surface area contributed by atoms with E-state index in [9.17, 15) is 4.79 Å². The lowest BCUT2D eigenvalue weighted by Gasteiger charge is -2.05. The van der Waals surface area contributed by atoms with E-state index < -0.39 is 0 Å². The lowest BCUT2D eigenvalue weighted by molar-refractivity contribution is 0.295. The first-order chi connectivity index (χ1) is 7.74. The van der Waals surface area contributed by atoms with Crippen molar-refractivity contribution >= 4 is 5.69 Å². The molecule has 0 aliphatic carbocycles. The highest BCUT2D eigenvalue weighted by Gasteiger charge is 1.97. The number of hydrogen-bond donors (Lipinski definition) is 2. The summed E-state index contributed by atoms with van der Waals surface area (Å²) in [5, 5.41) is 0. The van der Waals surface area contributed by atoms with Crippen LogP contribution in [0.25, 0.3) is 0 Å². The van der Waals surface area contributed by atoms with Crippen LogP contribution in [0, 0.1) is 0 Å². The first kappa shape index (κ1) is 10.2. The topological polar surface area (TPSA) is 81.0 Å². The molecule has 0 bridgehead atoms. The fourth-order valence-corrected chi connectivity index (χ4v) is 1.20. The van der Waals surface area contributed by atoms with Crippen LogP contribution in [0.3, 0.4) is 0 Å². The van der Waals surface area contributed by atoms with Crippen molar-refractivity contribution in [2.45, 2.75) is 6.61 Å². The van der Waals surface area contributed by atoms with Crippen molar-refractivity contribution in [2.75, 3.05) is 5.73 Å². The van der Waals surface area contributed by atoms with Crippen LogP contribution >= 0.6 is 0 Å². The number of hydrogen-bond acceptors (Lipinski definition) is 4. The average molecular weight is 217 g/mol. The smallest absolute Gasteiger partial charge is 0.250 e. The molecule has 82 valence electrons. The zero-order chi connectivity index (χ0) is 11.4. The third-order valence-corrected chi connectivity index (χ3v) is 1.98. The van der Waals surface area contributed by atoms with Crippen molar-refractivity contribution in [1.29, 1.82) is 0 Å². The Kier molecular flexibility index (Phi) is 2.86. The lowest BCUT2D eigenvalue weighted by atomic mass is 10.3. The summed E-state index contributed by atoms with van der Waals surface area (Å²) in [5.41, 5.74) is 6.03. The Bertz CT molecular complexity index is 519. The van der Waals surface area contributed by atoms with Gasteiger partial charge in [-0.2, -0.15) is 0 Å². The van der Waals surface area contributed by atoms with Crippen molar-refractivity contribution < 1.29 is 4.74 Å². The highest BCUT2D eigenvalue weighted by atomic mass is 16.5. The maximum absolute atomic E-state index is 11.0. The second-order valence-electron chi connectivity index (χ2n) is 3.24. The Morgan fingerprint density at radius 1 is 1.25 bits per heavy atom. The number of rotatable bonds is 3. The largest absolute Gasteiger partial charge is 0.486 e. The monoisotopic (exact) mass is 217 g/mol. The highest BCUT2D eigenvalue weighted by molar-refractivity contribution is 5.41. The summed E-state index contributed by atoms with van der Waals surface area (Å²) in [6.45, 7) is 0.222. The number of aromatic amines is 1. The summed E-state index contributed by atoms with van der Waals surface area (Å²) in [4.78, 5) is 17.5. The molecule has 16 heavy (non-hydrogen) atoms. The second kappa shape index (κ2) is 4.48. The molecule has 0 amide bonds. The van der Waals surface area contributed by atoms with Gasteiger partial charge < -0.3 is 15.5 Å². The van der Waals surface area contributed by atoms with Gasteiger partial charge in [-0.05, 0) is 24.3 Å². The third-order valence-electron chi connectivity index (χ3n) is 1.98. The maximum Gasteiger partial charge on any atom is 0.250 e. The standard InChI is InChI=1S/C11H11N3O2/c12-8-1-3-9(4-2-8)16-7-10-13-6-5-11(15)14-10/h1-6H,7,12H2,(H,13,14,15). The third kappa shape index (κ3) is 2.60. The van der Waals surface area contributed by atoms with Crippen LogP contribution in [0.2, 0.25) is 0 Å². The number of nitrogens with one attached hydrogen (secondary N) is 1. The van der Waals surface area contributed by atoms with Gasteiger partial charge in [0, 0.05) is 18.0 Å². The Morgan fingerprint density at radius 3 is 2.69 bits per heavy atom. The van der Waals surface area contributed by atoms with Crippen molar-refractivity contribution in [1.82, 2.24) is 9.97 Å². The number of nitrogen functional groups attached to an aromatic ring is 1. The Hall–Kier alpha value is -2.30. The van der Waals surface area contributed by atoms with Gasteiger partial charge in [0.2, 0.25) is 0 Å². The summed E-state index contributed by atoms with van der Waals surface area (Å²) in [5.74, 6) is 1.17. The molecule has 0 aliphatic rings. The van der Waals surface area contributed by atoms with Gasteiger partial charge in [-0.15, -0.1) is 0 Å². The molecular formula is C11H11N3O2. The number of nitrogens with two attached hydrogens (primary N) is 1. The molecule has 2 rings (SSSR count). The lowest BCUT2D eigenvalue weighted by Crippen LogP contribution is -2.10. The molecule has 0 spiro atoms. The van der Waals surface area contributed by atoms with E-state index in [1.54, 1.807) is 24.3 Å². The number of aromatic nitrogens is 2. The van der Waals surface area contributed by atoms with E-state index in [0.29, 0.717) is 17.3 Å². The Balaban J connectivity index is 2.02. The molecule has 2 aromatic rings. The SMILES string of the molecule is Nc1ccc(OCc2nccc(=O)[nH]2)cc1. The molecule has 3 N–H and O–H groups in total. The van der Waals surface area contributed by atoms with Gasteiger partial charge in [0.15, 0.2) is 0 Å². The van der Waals surface area contributed by atoms with Crippen LogP contribution in [0.5, 0.6) is 5.75 Å². The maximum atomic E-state index is 11.0. The van der Waals surface area contributed by atoms with Crippen LogP contribution in [0.15, 0.2) is 41.3 Å². The fraction of sp³-hybridized carbons (Fsp3) is 0.0909. The summed E-state index contributed by atoms with van der Waals surface area (Å²) in [7, 11) is 0. The molecule has 1 aromatic heterocycles. The van der Waals surface area contributed by atoms with Crippen molar-refractivity contribution in [3.8, 4) is 5.75 Å². The molecule has 1 heterocycles. The molecular weight excluding hydrogens is 206 g/mol. The minimum absolute atomic E-state index is 0.189. The number of benzene rings is 1. The number of ether oxygens (including phenoxy) is 1. The molecule has 0 fully saturated rings. The van der Waals surface area contributed by atoms with E-state index in [2.05, 4.69) is 9.97 Å². The fourth-order valence-electron chi connectivity index (χ4n) is 1.20. The highest BCUT2D eigenvalue weighted by Crippen LogP contribution is 2.13. The van der Waals surface area contributed by atoms with Crippen molar-refractivity contribution in [3.05, 3.63) is 52.7 Å². The van der Waals surface area contributed by atoms with Gasteiger partial charge in [-0.25, -0.2) is 4.98 Å². The normalized spacial score (nSPS) is 10.0. The molecule has 0 saturated carbocycles. The average Bonchev–Trinajstić information content (AvgIpc) is 2.28. The van der Waals surface area contributed by atoms with E-state index in [-0.39, 0.29) is 12.2 Å². The predicted molar refractivity (Wildman–Crippen MR) is 60.0 cm³/mol. The number of nitrogens with zero attached hydrogens (tertiary/aromatic N) is 1. The van der Waals surface area contributed by atoms with Crippen molar-refractivity contribution in [2.24, 2.45) is 0 Å².